The summed E-state index contributed by atoms with van der Waals surface area (Å²) in [5.74, 6) is 3.38. The van der Waals surface area contributed by atoms with Gasteiger partial charge in [-0.3, -0.25) is 4.99 Å². The summed E-state index contributed by atoms with van der Waals surface area (Å²) < 4.78 is 11.9. The highest BCUT2D eigenvalue weighted by Gasteiger charge is 2.42. The van der Waals surface area contributed by atoms with E-state index < -0.39 is 0 Å². The van der Waals surface area contributed by atoms with Crippen molar-refractivity contribution >= 4 is 5.96 Å². The van der Waals surface area contributed by atoms with Crippen LogP contribution in [0.1, 0.15) is 50.2 Å². The molecule has 6 nitrogen and oxygen atoms in total. The number of hydrogen-bond donors (Lipinski definition) is 2. The Balaban J connectivity index is 1.46. The van der Waals surface area contributed by atoms with Crippen molar-refractivity contribution in [2.75, 3.05) is 26.7 Å². The molecule has 2 heterocycles. The summed E-state index contributed by atoms with van der Waals surface area (Å²) >= 11 is 0. The van der Waals surface area contributed by atoms with Crippen molar-refractivity contribution in [3.8, 4) is 11.5 Å². The number of benzene rings is 1. The molecule has 4 rings (SSSR count). The van der Waals surface area contributed by atoms with Crippen LogP contribution in [0, 0.1) is 0 Å². The van der Waals surface area contributed by atoms with Crippen molar-refractivity contribution in [2.24, 2.45) is 4.99 Å². The topological polar surface area (TPSA) is 66.3 Å². The van der Waals surface area contributed by atoms with Gasteiger partial charge in [-0.15, -0.1) is 0 Å². The molecule has 27 heavy (non-hydrogen) atoms. The predicted molar refractivity (Wildman–Crippen MR) is 106 cm³/mol. The largest absolute Gasteiger partial charge is 0.494 e. The molecule has 1 aliphatic carbocycles. The van der Waals surface area contributed by atoms with Crippen molar-refractivity contribution < 1.29 is 14.6 Å². The van der Waals surface area contributed by atoms with Gasteiger partial charge in [-0.2, -0.15) is 0 Å². The Labute approximate surface area is 161 Å². The molecule has 2 fully saturated rings. The predicted octanol–water partition coefficient (Wildman–Crippen LogP) is 2.30. The Morgan fingerprint density at radius 2 is 2.15 bits per heavy atom. The quantitative estimate of drug-likeness (QED) is 0.626. The van der Waals surface area contributed by atoms with Gasteiger partial charge in [-0.1, -0.05) is 0 Å². The second-order valence-corrected chi connectivity index (χ2v) is 7.92. The van der Waals surface area contributed by atoms with Crippen LogP contribution in [-0.2, 0) is 6.42 Å². The first-order chi connectivity index (χ1) is 13.1. The average Bonchev–Trinajstić information content (AvgIpc) is 3.32. The third-order valence-electron chi connectivity index (χ3n) is 5.81. The molecule has 0 aromatic heterocycles. The van der Waals surface area contributed by atoms with E-state index in [4.69, 9.17) is 9.47 Å². The molecule has 2 aliphatic heterocycles. The van der Waals surface area contributed by atoms with Crippen molar-refractivity contribution in [3.05, 3.63) is 23.3 Å². The maximum Gasteiger partial charge on any atom is 0.193 e. The van der Waals surface area contributed by atoms with Gasteiger partial charge in [-0.05, 0) is 45.2 Å². The second kappa shape index (κ2) is 7.58. The molecule has 2 N–H and O–H groups in total. The summed E-state index contributed by atoms with van der Waals surface area (Å²) in [6.07, 6.45) is 3.72. The monoisotopic (exact) mass is 373 g/mol. The molecule has 1 aromatic carbocycles. The van der Waals surface area contributed by atoms with Crippen LogP contribution in [0.2, 0.25) is 0 Å². The first-order valence-electron chi connectivity index (χ1n) is 10.2. The number of rotatable bonds is 4. The van der Waals surface area contributed by atoms with E-state index in [1.165, 1.54) is 11.1 Å². The molecule has 3 aliphatic rings. The van der Waals surface area contributed by atoms with Gasteiger partial charge in [0.05, 0.1) is 12.7 Å². The SMILES string of the molecule is CCOc1cc2c(cc1C1CC1NC(=NC)N1CCC(O)CC1)OC(C)C2. The molecular weight excluding hydrogens is 342 g/mol. The van der Waals surface area contributed by atoms with E-state index in [1.54, 1.807) is 0 Å². The zero-order valence-corrected chi connectivity index (χ0v) is 16.6. The number of guanidine groups is 1. The first kappa shape index (κ1) is 18.4. The second-order valence-electron chi connectivity index (χ2n) is 7.92. The van der Waals surface area contributed by atoms with Crippen LogP contribution in [-0.4, -0.2) is 61.0 Å². The fourth-order valence-electron chi connectivity index (χ4n) is 4.26. The van der Waals surface area contributed by atoms with E-state index in [0.717, 1.165) is 56.2 Å². The van der Waals surface area contributed by atoms with Crippen molar-refractivity contribution in [2.45, 2.75) is 63.7 Å². The Kier molecular flexibility index (Phi) is 5.17. The number of ether oxygens (including phenoxy) is 2. The highest BCUT2D eigenvalue weighted by Crippen LogP contribution is 2.48. The van der Waals surface area contributed by atoms with Gasteiger partial charge in [0.15, 0.2) is 5.96 Å². The van der Waals surface area contributed by atoms with E-state index in [0.29, 0.717) is 18.6 Å². The number of piperidine rings is 1. The maximum atomic E-state index is 9.73. The van der Waals surface area contributed by atoms with Gasteiger partial charge in [0.25, 0.3) is 0 Å². The Bertz CT molecular complexity index is 713. The number of nitrogens with one attached hydrogen (secondary N) is 1. The van der Waals surface area contributed by atoms with E-state index >= 15 is 0 Å². The van der Waals surface area contributed by atoms with Crippen LogP contribution in [0.5, 0.6) is 11.5 Å². The molecule has 0 bridgehead atoms. The lowest BCUT2D eigenvalue weighted by Crippen LogP contribution is -2.47. The number of fused-ring (bicyclic) bond motifs is 1. The van der Waals surface area contributed by atoms with Crippen molar-refractivity contribution in [3.63, 3.8) is 0 Å². The van der Waals surface area contributed by atoms with Crippen LogP contribution in [0.4, 0.5) is 0 Å². The molecule has 0 amide bonds. The summed E-state index contributed by atoms with van der Waals surface area (Å²) in [7, 11) is 1.83. The fraction of sp³-hybridized carbons (Fsp3) is 0.667. The highest BCUT2D eigenvalue weighted by atomic mass is 16.5. The third-order valence-corrected chi connectivity index (χ3v) is 5.81. The standard InChI is InChI=1S/C21H31N3O3/c1-4-26-20-10-14-9-13(2)27-19(14)12-17(20)16-11-18(16)23-21(22-3)24-7-5-15(25)6-8-24/h10,12-13,15-16,18,25H,4-9,11H2,1-3H3,(H,22,23). The van der Waals surface area contributed by atoms with E-state index in [2.05, 4.69) is 34.3 Å². The third kappa shape index (κ3) is 3.86. The smallest absolute Gasteiger partial charge is 0.193 e. The van der Waals surface area contributed by atoms with Crippen LogP contribution in [0.15, 0.2) is 17.1 Å². The lowest BCUT2D eigenvalue weighted by Gasteiger charge is -2.32. The molecule has 6 heteroatoms. The zero-order chi connectivity index (χ0) is 19.0. The van der Waals surface area contributed by atoms with Crippen LogP contribution in [0.25, 0.3) is 0 Å². The number of aliphatic hydroxyl groups is 1. The molecule has 1 saturated carbocycles. The lowest BCUT2D eigenvalue weighted by molar-refractivity contribution is 0.108. The molecule has 0 radical (unpaired) electrons. The Morgan fingerprint density at radius 3 is 2.85 bits per heavy atom. The minimum absolute atomic E-state index is 0.171. The van der Waals surface area contributed by atoms with Gasteiger partial charge >= 0.3 is 0 Å². The summed E-state index contributed by atoms with van der Waals surface area (Å²) in [4.78, 5) is 6.71. The summed E-state index contributed by atoms with van der Waals surface area (Å²) in [5, 5.41) is 13.3. The molecule has 148 valence electrons. The van der Waals surface area contributed by atoms with Crippen molar-refractivity contribution in [1.29, 1.82) is 0 Å². The molecular formula is C21H31N3O3. The average molecular weight is 373 g/mol. The van der Waals surface area contributed by atoms with Gasteiger partial charge in [0.2, 0.25) is 0 Å². The summed E-state index contributed by atoms with van der Waals surface area (Å²) in [5.41, 5.74) is 2.49. The van der Waals surface area contributed by atoms with Gasteiger partial charge in [0, 0.05) is 49.6 Å². The number of likely N-dealkylation sites (tertiary alicyclic amines) is 1. The normalized spacial score (nSPS) is 27.9. The minimum atomic E-state index is -0.171. The summed E-state index contributed by atoms with van der Waals surface area (Å²) in [6, 6.07) is 4.73. The Morgan fingerprint density at radius 1 is 1.37 bits per heavy atom. The van der Waals surface area contributed by atoms with E-state index in [-0.39, 0.29) is 12.2 Å². The summed E-state index contributed by atoms with van der Waals surface area (Å²) in [6.45, 7) is 6.53. The molecule has 3 unspecified atom stereocenters. The van der Waals surface area contributed by atoms with E-state index in [1.807, 2.05) is 14.0 Å². The van der Waals surface area contributed by atoms with Crippen molar-refractivity contribution in [1.82, 2.24) is 10.2 Å². The van der Waals surface area contributed by atoms with Gasteiger partial charge in [0.1, 0.15) is 17.6 Å². The molecule has 0 spiro atoms. The van der Waals surface area contributed by atoms with Gasteiger partial charge in [-0.25, -0.2) is 0 Å². The van der Waals surface area contributed by atoms with Crippen LogP contribution >= 0.6 is 0 Å². The Hall–Kier alpha value is -1.95. The lowest BCUT2D eigenvalue weighted by atomic mass is 10.0. The molecule has 3 atom stereocenters. The zero-order valence-electron chi connectivity index (χ0n) is 16.6. The number of aliphatic hydroxyl groups excluding tert-OH is 1. The highest BCUT2D eigenvalue weighted by molar-refractivity contribution is 5.81. The van der Waals surface area contributed by atoms with E-state index in [9.17, 15) is 5.11 Å². The minimum Gasteiger partial charge on any atom is -0.494 e. The fourth-order valence-corrected chi connectivity index (χ4v) is 4.26. The van der Waals surface area contributed by atoms with Crippen LogP contribution < -0.4 is 14.8 Å². The molecule has 1 aromatic rings. The van der Waals surface area contributed by atoms with Crippen LogP contribution in [0.3, 0.4) is 0 Å². The number of hydrogen-bond acceptors (Lipinski definition) is 4. The van der Waals surface area contributed by atoms with Gasteiger partial charge < -0.3 is 24.8 Å². The number of aliphatic imine (C=N–C) groups is 1. The maximum absolute atomic E-state index is 9.73. The first-order valence-corrected chi connectivity index (χ1v) is 10.2. The number of nitrogens with zero attached hydrogens (tertiary/aromatic N) is 2. The molecule has 1 saturated heterocycles.